The fourth-order valence-corrected chi connectivity index (χ4v) is 6.36. The number of nitrogens with two attached hydrogens (primary N) is 1. The summed E-state index contributed by atoms with van der Waals surface area (Å²) < 4.78 is 0. The average Bonchev–Trinajstić information content (AvgIpc) is 2.77. The molecule has 0 spiro atoms. The van der Waals surface area contributed by atoms with Crippen LogP contribution in [-0.4, -0.2) is 22.4 Å². The second-order valence-electron chi connectivity index (χ2n) is 8.70. The van der Waals surface area contributed by atoms with Gasteiger partial charge in [-0.15, -0.1) is 0 Å². The average molecular weight is 303 g/mol. The van der Waals surface area contributed by atoms with Crippen molar-refractivity contribution in [1.82, 2.24) is 0 Å². The molecule has 0 aromatic rings. The van der Waals surface area contributed by atoms with Crippen LogP contribution in [-0.2, 0) is 0 Å². The van der Waals surface area contributed by atoms with E-state index in [2.05, 4.69) is 26.0 Å². The lowest BCUT2D eigenvalue weighted by molar-refractivity contribution is -0.134. The molecular formula is C19H29NO2. The van der Waals surface area contributed by atoms with Crippen molar-refractivity contribution in [3.63, 3.8) is 0 Å². The van der Waals surface area contributed by atoms with Crippen molar-refractivity contribution < 1.29 is 10.2 Å². The van der Waals surface area contributed by atoms with Crippen LogP contribution in [0.1, 0.15) is 46.0 Å². The maximum atomic E-state index is 10.9. The predicted octanol–water partition coefficient (Wildman–Crippen LogP) is 3.16. The van der Waals surface area contributed by atoms with Crippen molar-refractivity contribution >= 4 is 0 Å². The Labute approximate surface area is 133 Å². The number of allylic oxidation sites excluding steroid dienone is 3. The fraction of sp³-hybridized carbons (Fsp3) is 0.789. The van der Waals surface area contributed by atoms with E-state index in [1.54, 1.807) is 0 Å². The molecule has 3 nitrogen and oxygen atoms in total. The van der Waals surface area contributed by atoms with Crippen LogP contribution in [0.5, 0.6) is 0 Å². The first-order valence-electron chi connectivity index (χ1n) is 8.89. The van der Waals surface area contributed by atoms with Gasteiger partial charge >= 0.3 is 0 Å². The molecule has 0 bridgehead atoms. The SMILES string of the molecule is C[C@]12C=C[C@H](N)CC1C[C@H](O)[C@@H]1[C@@H]2CC[C@]2(C)C(O)=CC[C@@H]12. The summed E-state index contributed by atoms with van der Waals surface area (Å²) in [5.74, 6) is 2.28. The van der Waals surface area contributed by atoms with Crippen LogP contribution in [0.15, 0.2) is 24.0 Å². The minimum Gasteiger partial charge on any atom is -0.512 e. The third kappa shape index (κ3) is 1.75. The lowest BCUT2D eigenvalue weighted by Crippen LogP contribution is -2.57. The summed E-state index contributed by atoms with van der Waals surface area (Å²) in [7, 11) is 0. The summed E-state index contributed by atoms with van der Waals surface area (Å²) in [6.07, 6.45) is 11.2. The Morgan fingerprint density at radius 3 is 2.77 bits per heavy atom. The molecule has 2 fully saturated rings. The molecule has 0 radical (unpaired) electrons. The molecule has 4 rings (SSSR count). The van der Waals surface area contributed by atoms with Gasteiger partial charge in [0.2, 0.25) is 0 Å². The number of fused-ring (bicyclic) bond motifs is 5. The zero-order valence-electron chi connectivity index (χ0n) is 13.7. The molecule has 3 heteroatoms. The van der Waals surface area contributed by atoms with E-state index in [1.807, 2.05) is 6.08 Å². The third-order valence-electron chi connectivity index (χ3n) is 7.78. The standard InChI is InChI=1S/C19H29NO2/c1-18-7-5-12(20)9-11(18)10-15(21)17-13-3-4-16(22)19(13,2)8-6-14(17)18/h4-5,7,11-15,17,21-22H,3,6,8-10,20H2,1-2H3/t11?,12-,13-,14-,15-,17-,18-,19-/m0/s1. The second kappa shape index (κ2) is 4.61. The normalized spacial score (nSPS) is 56.8. The van der Waals surface area contributed by atoms with E-state index in [9.17, 15) is 10.2 Å². The van der Waals surface area contributed by atoms with Gasteiger partial charge < -0.3 is 15.9 Å². The Morgan fingerprint density at radius 1 is 1.23 bits per heavy atom. The van der Waals surface area contributed by atoms with E-state index < -0.39 is 0 Å². The molecule has 1 unspecified atom stereocenters. The lowest BCUT2D eigenvalue weighted by Gasteiger charge is -2.60. The van der Waals surface area contributed by atoms with Crippen molar-refractivity contribution in [3.05, 3.63) is 24.0 Å². The Bertz CT molecular complexity index is 542. The molecule has 0 saturated heterocycles. The van der Waals surface area contributed by atoms with E-state index in [1.165, 1.54) is 0 Å². The van der Waals surface area contributed by atoms with Crippen LogP contribution in [0.25, 0.3) is 0 Å². The van der Waals surface area contributed by atoms with Gasteiger partial charge in [0.25, 0.3) is 0 Å². The molecule has 0 amide bonds. The maximum Gasteiger partial charge on any atom is 0.0944 e. The maximum absolute atomic E-state index is 10.9. The minimum atomic E-state index is -0.245. The monoisotopic (exact) mass is 303 g/mol. The molecular weight excluding hydrogens is 274 g/mol. The first kappa shape index (κ1) is 14.8. The minimum absolute atomic E-state index is 0.111. The van der Waals surface area contributed by atoms with E-state index in [-0.39, 0.29) is 23.0 Å². The molecule has 4 N–H and O–H groups in total. The smallest absolute Gasteiger partial charge is 0.0944 e. The molecule has 8 atom stereocenters. The highest BCUT2D eigenvalue weighted by Crippen LogP contribution is 2.64. The first-order chi connectivity index (χ1) is 10.4. The molecule has 4 aliphatic rings. The zero-order valence-corrected chi connectivity index (χ0v) is 13.7. The summed E-state index contributed by atoms with van der Waals surface area (Å²) in [5.41, 5.74) is 6.18. The van der Waals surface area contributed by atoms with Gasteiger partial charge in [0.1, 0.15) is 0 Å². The quantitative estimate of drug-likeness (QED) is 0.602. The number of aliphatic hydroxyl groups excluding tert-OH is 2. The van der Waals surface area contributed by atoms with Gasteiger partial charge in [0.15, 0.2) is 0 Å². The zero-order chi connectivity index (χ0) is 15.7. The lowest BCUT2D eigenvalue weighted by atomic mass is 9.45. The van der Waals surface area contributed by atoms with Gasteiger partial charge in [0.05, 0.1) is 11.9 Å². The number of rotatable bonds is 0. The third-order valence-corrected chi connectivity index (χ3v) is 7.78. The van der Waals surface area contributed by atoms with Gasteiger partial charge in [-0.2, -0.15) is 0 Å². The van der Waals surface area contributed by atoms with Crippen LogP contribution in [0.4, 0.5) is 0 Å². The van der Waals surface area contributed by atoms with Crippen molar-refractivity contribution in [1.29, 1.82) is 0 Å². The Balaban J connectivity index is 1.72. The Morgan fingerprint density at radius 2 is 2.00 bits per heavy atom. The second-order valence-corrected chi connectivity index (χ2v) is 8.70. The van der Waals surface area contributed by atoms with Gasteiger partial charge in [0, 0.05) is 11.5 Å². The van der Waals surface area contributed by atoms with Crippen LogP contribution in [0.3, 0.4) is 0 Å². The largest absolute Gasteiger partial charge is 0.512 e. The van der Waals surface area contributed by atoms with Crippen LogP contribution in [0.2, 0.25) is 0 Å². The Hall–Kier alpha value is -0.800. The summed E-state index contributed by atoms with van der Waals surface area (Å²) in [6, 6.07) is 0.146. The molecule has 2 saturated carbocycles. The topological polar surface area (TPSA) is 66.5 Å². The Kier molecular flexibility index (Phi) is 3.09. The van der Waals surface area contributed by atoms with E-state index in [4.69, 9.17) is 5.73 Å². The van der Waals surface area contributed by atoms with E-state index >= 15 is 0 Å². The highest BCUT2D eigenvalue weighted by atomic mass is 16.3. The van der Waals surface area contributed by atoms with Crippen molar-refractivity contribution in [2.24, 2.45) is 40.2 Å². The van der Waals surface area contributed by atoms with Crippen LogP contribution in [0, 0.1) is 34.5 Å². The molecule has 0 aliphatic heterocycles. The summed E-state index contributed by atoms with van der Waals surface area (Å²) >= 11 is 0. The van der Waals surface area contributed by atoms with Gasteiger partial charge in [-0.05, 0) is 67.3 Å². The molecule has 0 heterocycles. The number of hydrogen-bond donors (Lipinski definition) is 3. The summed E-state index contributed by atoms with van der Waals surface area (Å²) in [4.78, 5) is 0. The summed E-state index contributed by atoms with van der Waals surface area (Å²) in [5, 5.41) is 21.3. The number of aliphatic hydroxyl groups is 2. The fourth-order valence-electron chi connectivity index (χ4n) is 6.36. The molecule has 0 aromatic carbocycles. The number of hydrogen-bond acceptors (Lipinski definition) is 3. The van der Waals surface area contributed by atoms with E-state index in [0.717, 1.165) is 32.1 Å². The van der Waals surface area contributed by atoms with Gasteiger partial charge in [-0.3, -0.25) is 0 Å². The first-order valence-corrected chi connectivity index (χ1v) is 8.89. The van der Waals surface area contributed by atoms with Crippen molar-refractivity contribution in [3.8, 4) is 0 Å². The molecule has 22 heavy (non-hydrogen) atoms. The molecule has 4 aliphatic carbocycles. The van der Waals surface area contributed by atoms with E-state index in [0.29, 0.717) is 29.4 Å². The summed E-state index contributed by atoms with van der Waals surface area (Å²) in [6.45, 7) is 4.58. The van der Waals surface area contributed by atoms with Gasteiger partial charge in [-0.1, -0.05) is 26.0 Å². The van der Waals surface area contributed by atoms with Crippen LogP contribution < -0.4 is 5.73 Å². The van der Waals surface area contributed by atoms with Gasteiger partial charge in [-0.25, -0.2) is 0 Å². The molecule has 0 aromatic heterocycles. The van der Waals surface area contributed by atoms with Crippen molar-refractivity contribution in [2.45, 2.75) is 58.1 Å². The highest BCUT2D eigenvalue weighted by Gasteiger charge is 2.60. The van der Waals surface area contributed by atoms with Crippen LogP contribution >= 0.6 is 0 Å². The highest BCUT2D eigenvalue weighted by molar-refractivity contribution is 5.24. The predicted molar refractivity (Wildman–Crippen MR) is 87.1 cm³/mol. The van der Waals surface area contributed by atoms with Crippen molar-refractivity contribution in [2.75, 3.05) is 0 Å². The molecule has 122 valence electrons.